The number of aryl methyl sites for hydroxylation is 1. The van der Waals surface area contributed by atoms with Crippen LogP contribution in [-0.4, -0.2) is 32.5 Å². The first-order valence-corrected chi connectivity index (χ1v) is 9.91. The van der Waals surface area contributed by atoms with E-state index in [4.69, 9.17) is 4.42 Å². The molecule has 148 valence electrons. The van der Waals surface area contributed by atoms with Gasteiger partial charge in [-0.2, -0.15) is 13.2 Å². The summed E-state index contributed by atoms with van der Waals surface area (Å²) in [6.45, 7) is 1.93. The fraction of sp³-hybridized carbons (Fsp3) is 0.278. The maximum absolute atomic E-state index is 12.7. The molecule has 0 atom stereocenters. The second kappa shape index (κ2) is 8.12. The highest BCUT2D eigenvalue weighted by molar-refractivity contribution is 9.10. The van der Waals surface area contributed by atoms with E-state index in [1.165, 1.54) is 13.0 Å². The van der Waals surface area contributed by atoms with E-state index < -0.39 is 12.7 Å². The van der Waals surface area contributed by atoms with Gasteiger partial charge in [0.05, 0.1) is 11.3 Å². The van der Waals surface area contributed by atoms with Crippen LogP contribution in [0.5, 0.6) is 0 Å². The molecule has 3 rings (SSSR count). The quantitative estimate of drug-likeness (QED) is 0.351. The van der Waals surface area contributed by atoms with Crippen molar-refractivity contribution in [1.82, 2.24) is 14.8 Å². The van der Waals surface area contributed by atoms with Gasteiger partial charge in [-0.3, -0.25) is 4.79 Å². The second-order valence-corrected chi connectivity index (χ2v) is 7.83. The summed E-state index contributed by atoms with van der Waals surface area (Å²) in [5.41, 5.74) is 1.67. The SMILES string of the molecule is Cc1cc(C(=O)CSc2nnc(-c3ccccc3Br)o2)c(C)n1CC(F)(F)F. The highest BCUT2D eigenvalue weighted by Crippen LogP contribution is 2.30. The minimum Gasteiger partial charge on any atom is -0.411 e. The first-order chi connectivity index (χ1) is 13.2. The highest BCUT2D eigenvalue weighted by Gasteiger charge is 2.30. The van der Waals surface area contributed by atoms with Crippen molar-refractivity contribution in [1.29, 1.82) is 0 Å². The molecule has 0 aliphatic rings. The Labute approximate surface area is 171 Å². The summed E-state index contributed by atoms with van der Waals surface area (Å²) < 4.78 is 45.6. The lowest BCUT2D eigenvalue weighted by molar-refractivity contribution is -0.141. The Balaban J connectivity index is 1.70. The number of nitrogens with zero attached hydrogens (tertiary/aromatic N) is 3. The van der Waals surface area contributed by atoms with Crippen LogP contribution in [0.4, 0.5) is 13.2 Å². The van der Waals surface area contributed by atoms with Gasteiger partial charge in [-0.1, -0.05) is 23.9 Å². The van der Waals surface area contributed by atoms with Crippen molar-refractivity contribution < 1.29 is 22.4 Å². The number of Topliss-reactive ketones (excluding diaryl/α,β-unsaturated/α-hetero) is 1. The zero-order valence-corrected chi connectivity index (χ0v) is 17.3. The Bertz CT molecular complexity index is 1010. The molecule has 0 aliphatic heterocycles. The van der Waals surface area contributed by atoms with Gasteiger partial charge >= 0.3 is 6.18 Å². The van der Waals surface area contributed by atoms with Crippen molar-refractivity contribution in [3.05, 3.63) is 51.8 Å². The smallest absolute Gasteiger partial charge is 0.406 e. The maximum Gasteiger partial charge on any atom is 0.406 e. The topological polar surface area (TPSA) is 60.9 Å². The van der Waals surface area contributed by atoms with Crippen LogP contribution in [0.15, 0.2) is 44.4 Å². The largest absolute Gasteiger partial charge is 0.411 e. The Kier molecular flexibility index (Phi) is 5.99. The number of hydrogen-bond acceptors (Lipinski definition) is 5. The summed E-state index contributed by atoms with van der Waals surface area (Å²) in [5, 5.41) is 8.09. The molecule has 0 N–H and O–H groups in total. The van der Waals surface area contributed by atoms with Crippen LogP contribution in [0.2, 0.25) is 0 Å². The number of aromatic nitrogens is 3. The number of carbonyl (C=O) groups excluding carboxylic acids is 1. The van der Waals surface area contributed by atoms with E-state index in [0.29, 0.717) is 17.3 Å². The summed E-state index contributed by atoms with van der Waals surface area (Å²) in [7, 11) is 0. The van der Waals surface area contributed by atoms with Crippen molar-refractivity contribution in [2.75, 3.05) is 5.75 Å². The first kappa shape index (κ1) is 20.7. The van der Waals surface area contributed by atoms with Crippen molar-refractivity contribution in [3.8, 4) is 11.5 Å². The fourth-order valence-electron chi connectivity index (χ4n) is 2.72. The monoisotopic (exact) mass is 473 g/mol. The van der Waals surface area contributed by atoms with Crippen molar-refractivity contribution in [3.63, 3.8) is 0 Å². The first-order valence-electron chi connectivity index (χ1n) is 8.13. The number of alkyl halides is 3. The summed E-state index contributed by atoms with van der Waals surface area (Å²) in [5.74, 6) is -0.00795. The Hall–Kier alpha value is -2.07. The molecule has 0 amide bonds. The fourth-order valence-corrected chi connectivity index (χ4v) is 3.82. The van der Waals surface area contributed by atoms with Crippen LogP contribution in [0.3, 0.4) is 0 Å². The van der Waals surface area contributed by atoms with Crippen molar-refractivity contribution >= 4 is 33.5 Å². The van der Waals surface area contributed by atoms with Crippen LogP contribution < -0.4 is 0 Å². The molecule has 10 heteroatoms. The minimum atomic E-state index is -4.35. The molecule has 0 fully saturated rings. The number of benzene rings is 1. The molecule has 0 aliphatic carbocycles. The van der Waals surface area contributed by atoms with E-state index in [1.54, 1.807) is 6.92 Å². The lowest BCUT2D eigenvalue weighted by Crippen LogP contribution is -2.19. The molecule has 0 bridgehead atoms. The number of rotatable bonds is 6. The van der Waals surface area contributed by atoms with E-state index in [2.05, 4.69) is 26.1 Å². The average Bonchev–Trinajstić information content (AvgIpc) is 3.19. The third-order valence-corrected chi connectivity index (χ3v) is 5.56. The molecule has 3 aromatic rings. The molecule has 2 aromatic heterocycles. The lowest BCUT2D eigenvalue weighted by atomic mass is 10.2. The number of ketones is 1. The molecule has 2 heterocycles. The maximum atomic E-state index is 12.7. The van der Waals surface area contributed by atoms with Gasteiger partial charge in [0.15, 0.2) is 5.78 Å². The molecule has 28 heavy (non-hydrogen) atoms. The molecule has 5 nitrogen and oxygen atoms in total. The minimum absolute atomic E-state index is 0.0199. The zero-order chi connectivity index (χ0) is 20.5. The van der Waals surface area contributed by atoms with Crippen LogP contribution in [0.25, 0.3) is 11.5 Å². The molecule has 0 unspecified atom stereocenters. The molecule has 0 spiro atoms. The second-order valence-electron chi connectivity index (χ2n) is 6.05. The van der Waals surface area contributed by atoms with E-state index in [9.17, 15) is 18.0 Å². The van der Waals surface area contributed by atoms with Crippen LogP contribution in [0.1, 0.15) is 21.7 Å². The van der Waals surface area contributed by atoms with Gasteiger partial charge in [0.25, 0.3) is 5.22 Å². The van der Waals surface area contributed by atoms with Crippen LogP contribution in [0, 0.1) is 13.8 Å². The predicted molar refractivity (Wildman–Crippen MR) is 102 cm³/mol. The van der Waals surface area contributed by atoms with Crippen LogP contribution >= 0.6 is 27.7 Å². The number of thioether (sulfide) groups is 1. The van der Waals surface area contributed by atoms with Gasteiger partial charge in [-0.15, -0.1) is 10.2 Å². The Morgan fingerprint density at radius 2 is 1.96 bits per heavy atom. The normalized spacial score (nSPS) is 11.8. The van der Waals surface area contributed by atoms with Crippen molar-refractivity contribution in [2.45, 2.75) is 31.8 Å². The lowest BCUT2D eigenvalue weighted by Gasteiger charge is -2.12. The van der Waals surface area contributed by atoms with Gasteiger partial charge in [0.1, 0.15) is 6.54 Å². The van der Waals surface area contributed by atoms with Crippen molar-refractivity contribution in [2.24, 2.45) is 0 Å². The van der Waals surface area contributed by atoms with E-state index in [-0.39, 0.29) is 22.3 Å². The van der Waals surface area contributed by atoms with Gasteiger partial charge in [-0.25, -0.2) is 0 Å². The zero-order valence-electron chi connectivity index (χ0n) is 14.9. The van der Waals surface area contributed by atoms with Gasteiger partial charge in [0.2, 0.25) is 5.89 Å². The molecule has 0 saturated heterocycles. The molecule has 1 aromatic carbocycles. The Morgan fingerprint density at radius 3 is 2.64 bits per heavy atom. The average molecular weight is 474 g/mol. The molecular formula is C18H15BrF3N3O2S. The van der Waals surface area contributed by atoms with Gasteiger partial charge in [0, 0.05) is 21.4 Å². The third kappa shape index (κ3) is 4.67. The number of carbonyl (C=O) groups is 1. The van der Waals surface area contributed by atoms with Crippen LogP contribution in [-0.2, 0) is 6.54 Å². The Morgan fingerprint density at radius 1 is 1.25 bits per heavy atom. The summed E-state index contributed by atoms with van der Waals surface area (Å²) >= 11 is 4.45. The summed E-state index contributed by atoms with van der Waals surface area (Å²) in [4.78, 5) is 12.5. The molecule has 0 saturated carbocycles. The number of halogens is 4. The molecule has 0 radical (unpaired) electrons. The van der Waals surface area contributed by atoms with E-state index in [0.717, 1.165) is 26.4 Å². The molecular weight excluding hydrogens is 459 g/mol. The third-order valence-electron chi connectivity index (χ3n) is 4.05. The highest BCUT2D eigenvalue weighted by atomic mass is 79.9. The number of hydrogen-bond donors (Lipinski definition) is 0. The summed E-state index contributed by atoms with van der Waals surface area (Å²) in [6.07, 6.45) is -4.35. The van der Waals surface area contributed by atoms with Gasteiger partial charge in [-0.05, 0) is 48.0 Å². The van der Waals surface area contributed by atoms with E-state index >= 15 is 0 Å². The van der Waals surface area contributed by atoms with E-state index in [1.807, 2.05) is 24.3 Å². The summed E-state index contributed by atoms with van der Waals surface area (Å²) in [6, 6.07) is 8.81. The standard InChI is InChI=1S/C18H15BrF3N3O2S/c1-10-7-13(11(2)25(10)9-18(20,21)22)15(26)8-28-17-24-23-16(27-17)12-5-3-4-6-14(12)19/h3-7H,8-9H2,1-2H3. The predicted octanol–water partition coefficient (Wildman–Crippen LogP) is 5.45. The van der Waals surface area contributed by atoms with Gasteiger partial charge < -0.3 is 8.98 Å².